The maximum absolute atomic E-state index is 11.9. The number of carbonyl (C=O) groups excluding carboxylic acids is 1. The first-order valence-corrected chi connectivity index (χ1v) is 5.93. The van der Waals surface area contributed by atoms with Crippen molar-refractivity contribution in [1.82, 2.24) is 4.98 Å². The lowest BCUT2D eigenvalue weighted by Gasteiger charge is -2.06. The molecule has 1 heterocycles. The molecule has 17 heavy (non-hydrogen) atoms. The van der Waals surface area contributed by atoms with Gasteiger partial charge in [0.15, 0.2) is 5.78 Å². The number of aryl methyl sites for hydroxylation is 1. The largest absolute Gasteiger partial charge is 0.411 e. The van der Waals surface area contributed by atoms with E-state index < -0.39 is 12.8 Å². The predicted molar refractivity (Wildman–Crippen MR) is 55.1 cm³/mol. The highest BCUT2D eigenvalue weighted by Gasteiger charge is 2.28. The Bertz CT molecular complexity index is 428. The van der Waals surface area contributed by atoms with Gasteiger partial charge in [0.25, 0.3) is 0 Å². The van der Waals surface area contributed by atoms with Crippen molar-refractivity contribution in [2.24, 2.45) is 0 Å². The predicted octanol–water partition coefficient (Wildman–Crippen LogP) is 2.74. The Morgan fingerprint density at radius 3 is 2.76 bits per heavy atom. The molecule has 1 aromatic heterocycles. The van der Waals surface area contributed by atoms with E-state index in [2.05, 4.69) is 9.72 Å². The second-order valence-corrected chi connectivity index (χ2v) is 4.93. The fourth-order valence-corrected chi connectivity index (χ4v) is 2.70. The molecule has 0 atom stereocenters. The van der Waals surface area contributed by atoms with Crippen LogP contribution in [0.2, 0.25) is 0 Å². The molecule has 1 aliphatic rings. The van der Waals surface area contributed by atoms with Gasteiger partial charge in [-0.05, 0) is 12.8 Å². The molecule has 3 nitrogen and oxygen atoms in total. The zero-order valence-corrected chi connectivity index (χ0v) is 9.66. The third-order valence-corrected chi connectivity index (χ3v) is 3.39. The molecule has 0 aromatic carbocycles. The second kappa shape index (κ2) is 4.73. The van der Waals surface area contributed by atoms with E-state index in [0.29, 0.717) is 17.1 Å². The fraction of sp³-hybridized carbons (Fsp3) is 0.600. The summed E-state index contributed by atoms with van der Waals surface area (Å²) in [6.45, 7) is -1.48. The SMILES string of the molecule is O=C1CCCc2sc(COCC(F)(F)F)nc21. The average Bonchev–Trinajstić information content (AvgIpc) is 2.60. The fourth-order valence-electron chi connectivity index (χ4n) is 1.63. The summed E-state index contributed by atoms with van der Waals surface area (Å²) in [5.41, 5.74) is 0.423. The Labute approximate surface area is 99.6 Å². The second-order valence-electron chi connectivity index (χ2n) is 3.76. The zero-order chi connectivity index (χ0) is 12.5. The van der Waals surface area contributed by atoms with Crippen molar-refractivity contribution in [3.05, 3.63) is 15.6 Å². The van der Waals surface area contributed by atoms with Crippen LogP contribution in [0.25, 0.3) is 0 Å². The summed E-state index contributed by atoms with van der Waals surface area (Å²) in [6.07, 6.45) is -2.29. The van der Waals surface area contributed by atoms with Gasteiger partial charge in [0, 0.05) is 11.3 Å². The molecule has 0 fully saturated rings. The highest BCUT2D eigenvalue weighted by molar-refractivity contribution is 7.11. The van der Waals surface area contributed by atoms with Crippen molar-refractivity contribution in [3.8, 4) is 0 Å². The van der Waals surface area contributed by atoms with Crippen LogP contribution in [0.3, 0.4) is 0 Å². The van der Waals surface area contributed by atoms with Gasteiger partial charge in [0.05, 0.1) is 6.61 Å². The molecule has 2 rings (SSSR count). The quantitative estimate of drug-likeness (QED) is 0.843. The maximum Gasteiger partial charge on any atom is 0.411 e. The van der Waals surface area contributed by atoms with Crippen LogP contribution in [0.4, 0.5) is 13.2 Å². The van der Waals surface area contributed by atoms with E-state index in [1.807, 2.05) is 0 Å². The van der Waals surface area contributed by atoms with E-state index in [1.165, 1.54) is 11.3 Å². The van der Waals surface area contributed by atoms with E-state index >= 15 is 0 Å². The number of ether oxygens (including phenoxy) is 1. The lowest BCUT2D eigenvalue weighted by atomic mass is 10.0. The molecule has 0 unspecified atom stereocenters. The van der Waals surface area contributed by atoms with Crippen LogP contribution in [0.5, 0.6) is 0 Å². The molecular formula is C10H10F3NO2S. The van der Waals surface area contributed by atoms with Gasteiger partial charge in [0.2, 0.25) is 0 Å². The number of thiazole rings is 1. The van der Waals surface area contributed by atoms with Crippen LogP contribution >= 0.6 is 11.3 Å². The van der Waals surface area contributed by atoms with E-state index in [0.717, 1.165) is 17.7 Å². The number of nitrogens with zero attached hydrogens (tertiary/aromatic N) is 1. The number of hydrogen-bond donors (Lipinski definition) is 0. The van der Waals surface area contributed by atoms with Gasteiger partial charge in [0.1, 0.15) is 17.3 Å². The molecular weight excluding hydrogens is 255 g/mol. The molecule has 0 radical (unpaired) electrons. The summed E-state index contributed by atoms with van der Waals surface area (Å²) in [5, 5.41) is 0.439. The number of fused-ring (bicyclic) bond motifs is 1. The van der Waals surface area contributed by atoms with Gasteiger partial charge in [-0.15, -0.1) is 11.3 Å². The van der Waals surface area contributed by atoms with Crippen LogP contribution in [-0.2, 0) is 17.8 Å². The minimum Gasteiger partial charge on any atom is -0.365 e. The maximum atomic E-state index is 11.9. The van der Waals surface area contributed by atoms with Gasteiger partial charge in [-0.25, -0.2) is 4.98 Å². The summed E-state index contributed by atoms with van der Waals surface area (Å²) >= 11 is 1.27. The smallest absolute Gasteiger partial charge is 0.365 e. The Morgan fingerprint density at radius 1 is 1.35 bits per heavy atom. The van der Waals surface area contributed by atoms with Crippen molar-refractivity contribution in [3.63, 3.8) is 0 Å². The number of halogens is 3. The Balaban J connectivity index is 1.97. The van der Waals surface area contributed by atoms with Gasteiger partial charge in [-0.1, -0.05) is 0 Å². The summed E-state index contributed by atoms with van der Waals surface area (Å²) in [5.74, 6) is -0.0235. The molecule has 94 valence electrons. The van der Waals surface area contributed by atoms with Crippen LogP contribution in [0.15, 0.2) is 0 Å². The van der Waals surface area contributed by atoms with Crippen LogP contribution < -0.4 is 0 Å². The first-order chi connectivity index (χ1) is 7.96. The van der Waals surface area contributed by atoms with Gasteiger partial charge in [-0.3, -0.25) is 4.79 Å². The van der Waals surface area contributed by atoms with Crippen LogP contribution in [0.1, 0.15) is 33.2 Å². The first kappa shape index (κ1) is 12.5. The number of carbonyl (C=O) groups is 1. The zero-order valence-electron chi connectivity index (χ0n) is 8.84. The third kappa shape index (κ3) is 3.26. The minimum atomic E-state index is -4.33. The summed E-state index contributed by atoms with van der Waals surface area (Å²) in [7, 11) is 0. The Morgan fingerprint density at radius 2 is 2.12 bits per heavy atom. The van der Waals surface area contributed by atoms with Crippen molar-refractivity contribution in [2.45, 2.75) is 32.0 Å². The number of alkyl halides is 3. The number of rotatable bonds is 3. The molecule has 0 saturated heterocycles. The molecule has 0 amide bonds. The summed E-state index contributed by atoms with van der Waals surface area (Å²) in [6, 6.07) is 0. The molecule has 1 aliphatic carbocycles. The van der Waals surface area contributed by atoms with E-state index in [1.54, 1.807) is 0 Å². The van der Waals surface area contributed by atoms with E-state index in [4.69, 9.17) is 0 Å². The summed E-state index contributed by atoms with van der Waals surface area (Å²) < 4.78 is 40.1. The monoisotopic (exact) mass is 265 g/mol. The highest BCUT2D eigenvalue weighted by atomic mass is 32.1. The lowest BCUT2D eigenvalue weighted by Crippen LogP contribution is -2.16. The molecule has 0 aliphatic heterocycles. The van der Waals surface area contributed by atoms with E-state index in [9.17, 15) is 18.0 Å². The van der Waals surface area contributed by atoms with Crippen molar-refractivity contribution in [2.75, 3.05) is 6.61 Å². The van der Waals surface area contributed by atoms with E-state index in [-0.39, 0.29) is 12.4 Å². The molecule has 1 aromatic rings. The standard InChI is InChI=1S/C10H10F3NO2S/c11-10(12,13)5-16-4-8-14-9-6(15)2-1-3-7(9)17-8/h1-5H2. The Kier molecular flexibility index (Phi) is 3.48. The average molecular weight is 265 g/mol. The molecule has 0 spiro atoms. The van der Waals surface area contributed by atoms with Gasteiger partial charge < -0.3 is 4.74 Å². The van der Waals surface area contributed by atoms with Crippen molar-refractivity contribution >= 4 is 17.1 Å². The first-order valence-electron chi connectivity index (χ1n) is 5.12. The number of Topliss-reactive ketones (excluding diaryl/α,β-unsaturated/α-hetero) is 1. The van der Waals surface area contributed by atoms with Gasteiger partial charge >= 0.3 is 6.18 Å². The van der Waals surface area contributed by atoms with Crippen molar-refractivity contribution < 1.29 is 22.7 Å². The molecule has 0 N–H and O–H groups in total. The number of hydrogen-bond acceptors (Lipinski definition) is 4. The Hall–Kier alpha value is -0.950. The van der Waals surface area contributed by atoms with Gasteiger partial charge in [-0.2, -0.15) is 13.2 Å². The molecule has 0 bridgehead atoms. The number of ketones is 1. The minimum absolute atomic E-state index is 0.0235. The van der Waals surface area contributed by atoms with Crippen LogP contribution in [0, 0.1) is 0 Å². The molecule has 7 heteroatoms. The van der Waals surface area contributed by atoms with Crippen molar-refractivity contribution in [1.29, 1.82) is 0 Å². The number of aromatic nitrogens is 1. The highest BCUT2D eigenvalue weighted by Crippen LogP contribution is 2.27. The third-order valence-electron chi connectivity index (χ3n) is 2.30. The van der Waals surface area contributed by atoms with Crippen LogP contribution in [-0.4, -0.2) is 23.6 Å². The molecule has 0 saturated carbocycles. The summed E-state index contributed by atoms with van der Waals surface area (Å²) in [4.78, 5) is 16.4. The lowest BCUT2D eigenvalue weighted by molar-refractivity contribution is -0.176. The topological polar surface area (TPSA) is 39.2 Å². The normalized spacial score (nSPS) is 16.1.